The van der Waals surface area contributed by atoms with E-state index in [2.05, 4.69) is 19.2 Å². The van der Waals surface area contributed by atoms with Crippen LogP contribution in [0.25, 0.3) is 0 Å². The third-order valence-corrected chi connectivity index (χ3v) is 3.71. The van der Waals surface area contributed by atoms with Crippen LogP contribution in [-0.4, -0.2) is 29.9 Å². The first-order chi connectivity index (χ1) is 9.11. The average Bonchev–Trinajstić information content (AvgIpc) is 2.94. The van der Waals surface area contributed by atoms with Crippen LogP contribution in [0.3, 0.4) is 0 Å². The van der Waals surface area contributed by atoms with E-state index in [1.54, 1.807) is 6.07 Å². The number of nitrogens with one attached hydrogen (secondary N) is 1. The Morgan fingerprint density at radius 1 is 1.42 bits per heavy atom. The number of nitrogens with two attached hydrogens (primary N) is 1. The second-order valence-corrected chi connectivity index (χ2v) is 5.25. The molecule has 19 heavy (non-hydrogen) atoms. The van der Waals surface area contributed by atoms with Gasteiger partial charge in [0, 0.05) is 24.7 Å². The van der Waals surface area contributed by atoms with E-state index in [0.29, 0.717) is 17.3 Å². The lowest BCUT2D eigenvalue weighted by Gasteiger charge is -2.18. The molecule has 4 nitrogen and oxygen atoms in total. The van der Waals surface area contributed by atoms with Gasteiger partial charge in [0.25, 0.3) is 5.91 Å². The van der Waals surface area contributed by atoms with E-state index >= 15 is 0 Å². The highest BCUT2D eigenvalue weighted by molar-refractivity contribution is 5.96. The van der Waals surface area contributed by atoms with Gasteiger partial charge in [0.05, 0.1) is 11.4 Å². The predicted molar refractivity (Wildman–Crippen MR) is 79.4 cm³/mol. The van der Waals surface area contributed by atoms with Crippen molar-refractivity contribution in [3.63, 3.8) is 0 Å². The molecule has 104 valence electrons. The highest BCUT2D eigenvalue weighted by atomic mass is 16.2. The van der Waals surface area contributed by atoms with Crippen molar-refractivity contribution in [2.45, 2.75) is 39.2 Å². The Balaban J connectivity index is 2.11. The number of carbonyl (C=O) groups excluding carboxylic acids is 1. The Labute approximate surface area is 115 Å². The molecule has 0 saturated carbocycles. The van der Waals surface area contributed by atoms with Crippen molar-refractivity contribution in [2.75, 3.05) is 24.1 Å². The minimum Gasteiger partial charge on any atom is -0.397 e. The maximum Gasteiger partial charge on any atom is 0.253 e. The van der Waals surface area contributed by atoms with Gasteiger partial charge >= 0.3 is 0 Å². The van der Waals surface area contributed by atoms with Crippen LogP contribution >= 0.6 is 0 Å². The van der Waals surface area contributed by atoms with Crippen molar-refractivity contribution in [2.24, 2.45) is 0 Å². The van der Waals surface area contributed by atoms with Gasteiger partial charge in [0.2, 0.25) is 0 Å². The maximum atomic E-state index is 12.2. The molecule has 3 N–H and O–H groups in total. The highest BCUT2D eigenvalue weighted by Crippen LogP contribution is 2.23. The normalized spacial score (nSPS) is 16.4. The molecule has 0 spiro atoms. The Bertz CT molecular complexity index is 453. The van der Waals surface area contributed by atoms with E-state index in [9.17, 15) is 4.79 Å². The van der Waals surface area contributed by atoms with Crippen LogP contribution in [0.4, 0.5) is 11.4 Å². The summed E-state index contributed by atoms with van der Waals surface area (Å²) in [4.78, 5) is 14.1. The summed E-state index contributed by atoms with van der Waals surface area (Å²) in [7, 11) is 0. The fourth-order valence-electron chi connectivity index (χ4n) is 2.30. The fraction of sp³-hybridized carbons (Fsp3) is 0.533. The summed E-state index contributed by atoms with van der Waals surface area (Å²) in [6.45, 7) is 5.97. The number of hydrogen-bond donors (Lipinski definition) is 2. The summed E-state index contributed by atoms with van der Waals surface area (Å²) in [5.41, 5.74) is 8.27. The molecule has 1 aliphatic rings. The minimum atomic E-state index is 0.0966. The molecule has 1 aromatic rings. The number of amides is 1. The van der Waals surface area contributed by atoms with Crippen molar-refractivity contribution in [3.05, 3.63) is 23.8 Å². The molecular formula is C15H23N3O. The number of anilines is 2. The zero-order chi connectivity index (χ0) is 13.8. The van der Waals surface area contributed by atoms with Crippen molar-refractivity contribution in [3.8, 4) is 0 Å². The Kier molecular flexibility index (Phi) is 4.30. The maximum absolute atomic E-state index is 12.2. The first-order valence-electron chi connectivity index (χ1n) is 7.07. The first kappa shape index (κ1) is 13.7. The molecule has 0 bridgehead atoms. The average molecular weight is 261 g/mol. The Morgan fingerprint density at radius 2 is 2.11 bits per heavy atom. The zero-order valence-corrected chi connectivity index (χ0v) is 11.8. The summed E-state index contributed by atoms with van der Waals surface area (Å²) in [6, 6.07) is 5.93. The van der Waals surface area contributed by atoms with Gasteiger partial charge in [0.15, 0.2) is 0 Å². The zero-order valence-electron chi connectivity index (χ0n) is 11.8. The molecule has 0 radical (unpaired) electrons. The SMILES string of the molecule is CCC(C)Nc1ccc(C(=O)N2CCCC2)cc1N. The number of hydrogen-bond acceptors (Lipinski definition) is 3. The lowest BCUT2D eigenvalue weighted by atomic mass is 10.1. The van der Waals surface area contributed by atoms with Gasteiger partial charge in [-0.1, -0.05) is 6.92 Å². The summed E-state index contributed by atoms with van der Waals surface area (Å²) in [5, 5.41) is 3.35. The molecule has 0 aromatic heterocycles. The summed E-state index contributed by atoms with van der Waals surface area (Å²) < 4.78 is 0. The van der Waals surface area contributed by atoms with E-state index in [1.807, 2.05) is 17.0 Å². The molecule has 1 fully saturated rings. The smallest absolute Gasteiger partial charge is 0.253 e. The molecule has 4 heteroatoms. The summed E-state index contributed by atoms with van der Waals surface area (Å²) in [5.74, 6) is 0.0966. The second-order valence-electron chi connectivity index (χ2n) is 5.25. The second kappa shape index (κ2) is 5.95. The van der Waals surface area contributed by atoms with Crippen molar-refractivity contribution >= 4 is 17.3 Å². The van der Waals surface area contributed by atoms with Crippen molar-refractivity contribution < 1.29 is 4.79 Å². The predicted octanol–water partition coefficient (Wildman–Crippen LogP) is 2.72. The number of rotatable bonds is 4. The topological polar surface area (TPSA) is 58.4 Å². The molecule has 1 saturated heterocycles. The van der Waals surface area contributed by atoms with Gasteiger partial charge in [-0.3, -0.25) is 4.79 Å². The van der Waals surface area contributed by atoms with Crippen LogP contribution in [0, 0.1) is 0 Å². The van der Waals surface area contributed by atoms with Crippen molar-refractivity contribution in [1.29, 1.82) is 0 Å². The molecule has 1 aromatic carbocycles. The molecule has 1 unspecified atom stereocenters. The molecule has 1 atom stereocenters. The van der Waals surface area contributed by atoms with E-state index in [1.165, 1.54) is 0 Å². The van der Waals surface area contributed by atoms with E-state index in [0.717, 1.165) is 38.0 Å². The summed E-state index contributed by atoms with van der Waals surface area (Å²) >= 11 is 0. The van der Waals surface area contributed by atoms with Crippen molar-refractivity contribution in [1.82, 2.24) is 4.90 Å². The van der Waals surface area contributed by atoms with Crippen LogP contribution < -0.4 is 11.1 Å². The van der Waals surface area contributed by atoms with Gasteiger partial charge in [-0.25, -0.2) is 0 Å². The highest BCUT2D eigenvalue weighted by Gasteiger charge is 2.19. The van der Waals surface area contributed by atoms with Gasteiger partial charge in [-0.2, -0.15) is 0 Å². The molecule has 2 rings (SSSR count). The quantitative estimate of drug-likeness (QED) is 0.819. The van der Waals surface area contributed by atoms with Gasteiger partial charge in [-0.05, 0) is 44.4 Å². The number of likely N-dealkylation sites (tertiary alicyclic amines) is 1. The van der Waals surface area contributed by atoms with Crippen LogP contribution in [-0.2, 0) is 0 Å². The Morgan fingerprint density at radius 3 is 2.68 bits per heavy atom. The van der Waals surface area contributed by atoms with Gasteiger partial charge in [0.1, 0.15) is 0 Å². The number of nitrogens with zero attached hydrogens (tertiary/aromatic N) is 1. The Hall–Kier alpha value is -1.71. The third-order valence-electron chi connectivity index (χ3n) is 3.71. The molecule has 1 heterocycles. The molecular weight excluding hydrogens is 238 g/mol. The summed E-state index contributed by atoms with van der Waals surface area (Å²) in [6.07, 6.45) is 3.25. The lowest BCUT2D eigenvalue weighted by Crippen LogP contribution is -2.27. The lowest BCUT2D eigenvalue weighted by molar-refractivity contribution is 0.0793. The van der Waals surface area contributed by atoms with E-state index < -0.39 is 0 Å². The monoisotopic (exact) mass is 261 g/mol. The number of nitrogen functional groups attached to an aromatic ring is 1. The molecule has 1 aliphatic heterocycles. The van der Waals surface area contributed by atoms with E-state index in [4.69, 9.17) is 5.73 Å². The largest absolute Gasteiger partial charge is 0.397 e. The molecule has 0 aliphatic carbocycles. The van der Waals surface area contributed by atoms with E-state index in [-0.39, 0.29) is 5.91 Å². The minimum absolute atomic E-state index is 0.0966. The fourth-order valence-corrected chi connectivity index (χ4v) is 2.30. The van der Waals surface area contributed by atoms with Gasteiger partial charge < -0.3 is 16.0 Å². The van der Waals surface area contributed by atoms with Crippen LogP contribution in [0.2, 0.25) is 0 Å². The third kappa shape index (κ3) is 3.19. The van der Waals surface area contributed by atoms with Crippen LogP contribution in [0.1, 0.15) is 43.5 Å². The number of carbonyl (C=O) groups is 1. The van der Waals surface area contributed by atoms with Crippen LogP contribution in [0.15, 0.2) is 18.2 Å². The first-order valence-corrected chi connectivity index (χ1v) is 7.07. The molecule has 1 amide bonds. The standard InChI is InChI=1S/C15H23N3O/c1-3-11(2)17-14-7-6-12(10-13(14)16)15(19)18-8-4-5-9-18/h6-7,10-11,17H,3-5,8-9,16H2,1-2H3. The van der Waals surface area contributed by atoms with Crippen LogP contribution in [0.5, 0.6) is 0 Å². The number of benzene rings is 1. The van der Waals surface area contributed by atoms with Gasteiger partial charge in [-0.15, -0.1) is 0 Å².